The molecule has 1 fully saturated rings. The Morgan fingerprint density at radius 2 is 2.21 bits per heavy atom. The van der Waals surface area contributed by atoms with Gasteiger partial charge in [0.25, 0.3) is 0 Å². The standard InChI is InChI=1S/C9H16N4O/c1-13-8(6-10)11-9(12-13)7-2-4-14-5-3-7/h7H,2-6,10H2,1H3. The largest absolute Gasteiger partial charge is 0.381 e. The van der Waals surface area contributed by atoms with Gasteiger partial charge in [-0.3, -0.25) is 4.68 Å². The van der Waals surface area contributed by atoms with Gasteiger partial charge in [-0.1, -0.05) is 0 Å². The lowest BCUT2D eigenvalue weighted by Gasteiger charge is -2.18. The molecule has 0 aromatic carbocycles. The maximum Gasteiger partial charge on any atom is 0.154 e. The number of nitrogens with two attached hydrogens (primary N) is 1. The highest BCUT2D eigenvalue weighted by atomic mass is 16.5. The maximum absolute atomic E-state index is 5.55. The smallest absolute Gasteiger partial charge is 0.154 e. The van der Waals surface area contributed by atoms with Crippen molar-refractivity contribution < 1.29 is 4.74 Å². The molecule has 0 saturated carbocycles. The van der Waals surface area contributed by atoms with Crippen LogP contribution < -0.4 is 5.73 Å². The molecule has 5 heteroatoms. The van der Waals surface area contributed by atoms with Crippen LogP contribution in [0.3, 0.4) is 0 Å². The maximum atomic E-state index is 5.55. The lowest BCUT2D eigenvalue weighted by molar-refractivity contribution is 0.0835. The van der Waals surface area contributed by atoms with Crippen LogP contribution in [0.15, 0.2) is 0 Å². The van der Waals surface area contributed by atoms with Crippen LogP contribution in [0.1, 0.15) is 30.4 Å². The van der Waals surface area contributed by atoms with Crippen LogP contribution in [0.2, 0.25) is 0 Å². The van der Waals surface area contributed by atoms with Crippen molar-refractivity contribution in [2.75, 3.05) is 13.2 Å². The summed E-state index contributed by atoms with van der Waals surface area (Å²) >= 11 is 0. The van der Waals surface area contributed by atoms with Crippen molar-refractivity contribution in [3.63, 3.8) is 0 Å². The van der Waals surface area contributed by atoms with E-state index in [9.17, 15) is 0 Å². The molecule has 1 aliphatic rings. The Morgan fingerprint density at radius 1 is 1.50 bits per heavy atom. The van der Waals surface area contributed by atoms with Crippen LogP contribution in [-0.2, 0) is 18.3 Å². The van der Waals surface area contributed by atoms with Crippen molar-refractivity contribution in [2.45, 2.75) is 25.3 Å². The number of aryl methyl sites for hydroxylation is 1. The number of hydrogen-bond donors (Lipinski definition) is 1. The number of hydrogen-bond acceptors (Lipinski definition) is 4. The molecule has 0 radical (unpaired) electrons. The van der Waals surface area contributed by atoms with Gasteiger partial charge < -0.3 is 10.5 Å². The first-order valence-electron chi connectivity index (χ1n) is 4.99. The molecule has 0 unspecified atom stereocenters. The van der Waals surface area contributed by atoms with Crippen molar-refractivity contribution in [1.82, 2.24) is 14.8 Å². The third-order valence-electron chi connectivity index (χ3n) is 2.64. The summed E-state index contributed by atoms with van der Waals surface area (Å²) in [5, 5.41) is 4.38. The second-order valence-electron chi connectivity index (χ2n) is 3.60. The average Bonchev–Trinajstić information content (AvgIpc) is 2.61. The van der Waals surface area contributed by atoms with Crippen molar-refractivity contribution in [3.8, 4) is 0 Å². The molecular formula is C9H16N4O. The predicted molar refractivity (Wildman–Crippen MR) is 51.7 cm³/mol. The van der Waals surface area contributed by atoms with Crippen LogP contribution in [-0.4, -0.2) is 28.0 Å². The zero-order valence-electron chi connectivity index (χ0n) is 8.44. The Balaban J connectivity index is 2.14. The molecule has 1 saturated heterocycles. The summed E-state index contributed by atoms with van der Waals surface area (Å²) in [6.45, 7) is 2.09. The van der Waals surface area contributed by atoms with Gasteiger partial charge in [-0.05, 0) is 12.8 Å². The summed E-state index contributed by atoms with van der Waals surface area (Å²) in [4.78, 5) is 4.42. The lowest BCUT2D eigenvalue weighted by Crippen LogP contribution is -2.15. The molecule has 1 aromatic heterocycles. The Labute approximate surface area is 83.3 Å². The minimum absolute atomic E-state index is 0.451. The van der Waals surface area contributed by atoms with Crippen LogP contribution >= 0.6 is 0 Å². The number of ether oxygens (including phenoxy) is 1. The molecule has 0 amide bonds. The quantitative estimate of drug-likeness (QED) is 0.732. The van der Waals surface area contributed by atoms with Crippen molar-refractivity contribution in [1.29, 1.82) is 0 Å². The van der Waals surface area contributed by atoms with E-state index in [0.29, 0.717) is 12.5 Å². The van der Waals surface area contributed by atoms with E-state index in [0.717, 1.165) is 37.7 Å². The minimum atomic E-state index is 0.451. The predicted octanol–water partition coefficient (Wildman–Crippen LogP) is 0.168. The Hall–Kier alpha value is -0.940. The van der Waals surface area contributed by atoms with E-state index < -0.39 is 0 Å². The zero-order valence-corrected chi connectivity index (χ0v) is 8.44. The van der Waals surface area contributed by atoms with Crippen LogP contribution in [0.25, 0.3) is 0 Å². The average molecular weight is 196 g/mol. The first-order chi connectivity index (χ1) is 6.81. The Kier molecular flexibility index (Phi) is 2.79. The molecule has 2 heterocycles. The lowest BCUT2D eigenvalue weighted by atomic mass is 10.00. The number of nitrogens with zero attached hydrogens (tertiary/aromatic N) is 3. The Morgan fingerprint density at radius 3 is 2.79 bits per heavy atom. The van der Waals surface area contributed by atoms with Crippen molar-refractivity contribution >= 4 is 0 Å². The third-order valence-corrected chi connectivity index (χ3v) is 2.64. The van der Waals surface area contributed by atoms with E-state index in [1.54, 1.807) is 4.68 Å². The van der Waals surface area contributed by atoms with Crippen molar-refractivity contribution in [3.05, 3.63) is 11.6 Å². The molecule has 14 heavy (non-hydrogen) atoms. The Bertz CT molecular complexity index is 304. The van der Waals surface area contributed by atoms with Gasteiger partial charge in [-0.25, -0.2) is 4.98 Å². The summed E-state index contributed by atoms with van der Waals surface area (Å²) in [5.74, 6) is 2.23. The van der Waals surface area contributed by atoms with Crippen LogP contribution in [0, 0.1) is 0 Å². The normalized spacial score (nSPS) is 18.7. The molecule has 1 aromatic rings. The molecular weight excluding hydrogens is 180 g/mol. The molecule has 0 spiro atoms. The summed E-state index contributed by atoms with van der Waals surface area (Å²) < 4.78 is 7.07. The third kappa shape index (κ3) is 1.78. The zero-order chi connectivity index (χ0) is 9.97. The van der Waals surface area contributed by atoms with Crippen LogP contribution in [0.4, 0.5) is 0 Å². The highest BCUT2D eigenvalue weighted by molar-refractivity contribution is 4.99. The summed E-state index contributed by atoms with van der Waals surface area (Å²) in [7, 11) is 1.89. The molecule has 78 valence electrons. The van der Waals surface area contributed by atoms with E-state index in [1.807, 2.05) is 7.05 Å². The van der Waals surface area contributed by atoms with Crippen LogP contribution in [0.5, 0.6) is 0 Å². The van der Waals surface area contributed by atoms with Gasteiger partial charge in [-0.15, -0.1) is 0 Å². The van der Waals surface area contributed by atoms with Gasteiger partial charge in [-0.2, -0.15) is 5.10 Å². The minimum Gasteiger partial charge on any atom is -0.381 e. The summed E-state index contributed by atoms with van der Waals surface area (Å²) in [5.41, 5.74) is 5.55. The summed E-state index contributed by atoms with van der Waals surface area (Å²) in [6.07, 6.45) is 2.04. The monoisotopic (exact) mass is 196 g/mol. The van der Waals surface area contributed by atoms with E-state index in [2.05, 4.69) is 10.1 Å². The topological polar surface area (TPSA) is 66.0 Å². The second kappa shape index (κ2) is 4.06. The fourth-order valence-electron chi connectivity index (χ4n) is 1.74. The molecule has 2 N–H and O–H groups in total. The fraction of sp³-hybridized carbons (Fsp3) is 0.778. The van der Waals surface area contributed by atoms with Gasteiger partial charge in [0.05, 0.1) is 6.54 Å². The van der Waals surface area contributed by atoms with Gasteiger partial charge in [0.2, 0.25) is 0 Å². The number of rotatable bonds is 2. The fourth-order valence-corrected chi connectivity index (χ4v) is 1.74. The van der Waals surface area contributed by atoms with E-state index >= 15 is 0 Å². The number of aromatic nitrogens is 3. The molecule has 2 rings (SSSR count). The molecule has 1 aliphatic heterocycles. The summed E-state index contributed by atoms with van der Waals surface area (Å²) in [6, 6.07) is 0. The highest BCUT2D eigenvalue weighted by Gasteiger charge is 2.20. The molecule has 0 aliphatic carbocycles. The van der Waals surface area contributed by atoms with E-state index in [-0.39, 0.29) is 0 Å². The molecule has 0 atom stereocenters. The van der Waals surface area contributed by atoms with Gasteiger partial charge in [0.1, 0.15) is 5.82 Å². The van der Waals surface area contributed by atoms with Gasteiger partial charge in [0.15, 0.2) is 5.82 Å². The first kappa shape index (κ1) is 9.61. The molecule has 5 nitrogen and oxygen atoms in total. The van der Waals surface area contributed by atoms with Crippen molar-refractivity contribution in [2.24, 2.45) is 12.8 Å². The van der Waals surface area contributed by atoms with Gasteiger partial charge >= 0.3 is 0 Å². The molecule has 0 bridgehead atoms. The van der Waals surface area contributed by atoms with E-state index in [1.165, 1.54) is 0 Å². The second-order valence-corrected chi connectivity index (χ2v) is 3.60. The first-order valence-corrected chi connectivity index (χ1v) is 4.99. The van der Waals surface area contributed by atoms with Gasteiger partial charge in [0, 0.05) is 26.2 Å². The highest BCUT2D eigenvalue weighted by Crippen LogP contribution is 2.23. The van der Waals surface area contributed by atoms with E-state index in [4.69, 9.17) is 10.5 Å². The SMILES string of the molecule is Cn1nc(C2CCOCC2)nc1CN.